The summed E-state index contributed by atoms with van der Waals surface area (Å²) in [5.74, 6) is 0.907. The van der Waals surface area contributed by atoms with Gasteiger partial charge in [-0.2, -0.15) is 4.98 Å². The monoisotopic (exact) mass is 299 g/mol. The molecular weight excluding hydrogens is 285 g/mol. The maximum atomic E-state index is 13.1. The molecule has 0 aliphatic heterocycles. The first-order valence-electron chi connectivity index (χ1n) is 6.95. The normalized spacial score (nSPS) is 10.6. The van der Waals surface area contributed by atoms with Crippen molar-refractivity contribution in [1.29, 1.82) is 0 Å². The second-order valence-electron chi connectivity index (χ2n) is 4.62. The van der Waals surface area contributed by atoms with Crippen molar-refractivity contribution in [2.45, 2.75) is 13.3 Å². The minimum Gasteiger partial charge on any atom is -0.476 e. The smallest absolute Gasteiger partial charge is 0.244 e. The first-order chi connectivity index (χ1) is 10.8. The molecule has 112 valence electrons. The standard InChI is InChI=1S/C16H14FN3O2/c1-2-9-22-16-14(11-5-7-12(17)8-6-11)19-20-15(18-16)13-4-3-10-21-13/h3-8,10H,2,9H2,1H3. The predicted octanol–water partition coefficient (Wildman–Crippen LogP) is 3.73. The summed E-state index contributed by atoms with van der Waals surface area (Å²) >= 11 is 0. The van der Waals surface area contributed by atoms with Crippen LogP contribution in [0.5, 0.6) is 5.88 Å². The number of nitrogens with zero attached hydrogens (tertiary/aromatic N) is 3. The second kappa shape index (κ2) is 6.34. The molecule has 0 amide bonds. The number of hydrogen-bond donors (Lipinski definition) is 0. The Kier molecular flexibility index (Phi) is 4.09. The first kappa shape index (κ1) is 14.2. The number of ether oxygens (including phenoxy) is 1. The fourth-order valence-electron chi connectivity index (χ4n) is 1.91. The number of hydrogen-bond acceptors (Lipinski definition) is 5. The summed E-state index contributed by atoms with van der Waals surface area (Å²) < 4.78 is 24.0. The lowest BCUT2D eigenvalue weighted by molar-refractivity contribution is 0.304. The van der Waals surface area contributed by atoms with Gasteiger partial charge in [-0.05, 0) is 42.8 Å². The molecule has 3 aromatic rings. The molecule has 5 nitrogen and oxygen atoms in total. The minimum absolute atomic E-state index is 0.312. The number of aromatic nitrogens is 3. The summed E-state index contributed by atoms with van der Waals surface area (Å²) in [6.07, 6.45) is 2.38. The van der Waals surface area contributed by atoms with Gasteiger partial charge in [-0.3, -0.25) is 0 Å². The van der Waals surface area contributed by atoms with E-state index in [9.17, 15) is 4.39 Å². The molecule has 0 bridgehead atoms. The minimum atomic E-state index is -0.312. The third-order valence-electron chi connectivity index (χ3n) is 2.96. The summed E-state index contributed by atoms with van der Waals surface area (Å²) in [5.41, 5.74) is 1.17. The molecule has 0 atom stereocenters. The fourth-order valence-corrected chi connectivity index (χ4v) is 1.91. The maximum absolute atomic E-state index is 13.1. The van der Waals surface area contributed by atoms with Crippen molar-refractivity contribution in [3.05, 3.63) is 48.5 Å². The van der Waals surface area contributed by atoms with Gasteiger partial charge in [-0.1, -0.05) is 6.92 Å². The van der Waals surface area contributed by atoms with E-state index in [4.69, 9.17) is 9.15 Å². The first-order valence-corrected chi connectivity index (χ1v) is 6.95. The van der Waals surface area contributed by atoms with Crippen LogP contribution in [-0.4, -0.2) is 21.8 Å². The summed E-state index contributed by atoms with van der Waals surface area (Å²) in [4.78, 5) is 4.37. The predicted molar refractivity (Wildman–Crippen MR) is 78.7 cm³/mol. The van der Waals surface area contributed by atoms with E-state index in [1.54, 1.807) is 30.5 Å². The summed E-state index contributed by atoms with van der Waals surface area (Å²) in [5, 5.41) is 8.23. The third-order valence-corrected chi connectivity index (χ3v) is 2.96. The molecular formula is C16H14FN3O2. The molecule has 0 saturated carbocycles. The molecule has 6 heteroatoms. The molecule has 2 aromatic heterocycles. The Morgan fingerprint density at radius 3 is 2.64 bits per heavy atom. The van der Waals surface area contributed by atoms with E-state index in [2.05, 4.69) is 15.2 Å². The lowest BCUT2D eigenvalue weighted by atomic mass is 10.1. The van der Waals surface area contributed by atoms with Gasteiger partial charge in [-0.25, -0.2) is 4.39 Å². The van der Waals surface area contributed by atoms with Crippen molar-refractivity contribution in [2.75, 3.05) is 6.61 Å². The van der Waals surface area contributed by atoms with E-state index in [1.165, 1.54) is 12.1 Å². The number of halogens is 1. The molecule has 3 rings (SSSR count). The zero-order valence-electron chi connectivity index (χ0n) is 12.0. The van der Waals surface area contributed by atoms with E-state index in [-0.39, 0.29) is 5.82 Å². The van der Waals surface area contributed by atoms with Gasteiger partial charge in [0.15, 0.2) is 11.5 Å². The highest BCUT2D eigenvalue weighted by molar-refractivity contribution is 5.64. The van der Waals surface area contributed by atoms with Crippen LogP contribution in [0, 0.1) is 5.82 Å². The average Bonchev–Trinajstić information content (AvgIpc) is 3.08. The molecule has 2 heterocycles. The Morgan fingerprint density at radius 2 is 1.95 bits per heavy atom. The molecule has 0 N–H and O–H groups in total. The van der Waals surface area contributed by atoms with Crippen LogP contribution in [0.2, 0.25) is 0 Å². The summed E-state index contributed by atoms with van der Waals surface area (Å²) in [6, 6.07) is 9.46. The van der Waals surface area contributed by atoms with Gasteiger partial charge in [0.2, 0.25) is 11.7 Å². The average molecular weight is 299 g/mol. The Balaban J connectivity index is 2.03. The molecule has 0 spiro atoms. The molecule has 0 aliphatic rings. The van der Waals surface area contributed by atoms with Crippen molar-refractivity contribution in [2.24, 2.45) is 0 Å². The van der Waals surface area contributed by atoms with Gasteiger partial charge in [0.1, 0.15) is 5.82 Å². The quantitative estimate of drug-likeness (QED) is 0.718. The number of rotatable bonds is 5. The largest absolute Gasteiger partial charge is 0.476 e. The molecule has 0 fully saturated rings. The van der Waals surface area contributed by atoms with Crippen LogP contribution in [0.4, 0.5) is 4.39 Å². The Morgan fingerprint density at radius 1 is 1.14 bits per heavy atom. The van der Waals surface area contributed by atoms with E-state index in [0.717, 1.165) is 6.42 Å². The molecule has 0 radical (unpaired) electrons. The third kappa shape index (κ3) is 2.95. The van der Waals surface area contributed by atoms with Crippen LogP contribution in [0.15, 0.2) is 47.1 Å². The van der Waals surface area contributed by atoms with Crippen LogP contribution in [-0.2, 0) is 0 Å². The molecule has 0 unspecified atom stereocenters. The van der Waals surface area contributed by atoms with Crippen molar-refractivity contribution in [3.8, 4) is 28.7 Å². The van der Waals surface area contributed by atoms with Crippen LogP contribution in [0.25, 0.3) is 22.8 Å². The van der Waals surface area contributed by atoms with E-state index in [1.807, 2.05) is 6.92 Å². The summed E-state index contributed by atoms with van der Waals surface area (Å²) in [7, 11) is 0. The van der Waals surface area contributed by atoms with Crippen LogP contribution in [0.3, 0.4) is 0 Å². The Hall–Kier alpha value is -2.76. The highest BCUT2D eigenvalue weighted by Crippen LogP contribution is 2.28. The SMILES string of the molecule is CCCOc1nc(-c2ccco2)nnc1-c1ccc(F)cc1. The zero-order valence-corrected chi connectivity index (χ0v) is 12.0. The second-order valence-corrected chi connectivity index (χ2v) is 4.62. The van der Waals surface area contributed by atoms with Gasteiger partial charge in [0.25, 0.3) is 0 Å². The summed E-state index contributed by atoms with van der Waals surface area (Å²) in [6.45, 7) is 2.50. The Bertz CT molecular complexity index is 743. The van der Waals surface area contributed by atoms with E-state index in [0.29, 0.717) is 35.3 Å². The van der Waals surface area contributed by atoms with Crippen LogP contribution < -0.4 is 4.74 Å². The van der Waals surface area contributed by atoms with Gasteiger partial charge < -0.3 is 9.15 Å². The lowest BCUT2D eigenvalue weighted by Gasteiger charge is -2.09. The molecule has 1 aromatic carbocycles. The van der Waals surface area contributed by atoms with Crippen molar-refractivity contribution in [3.63, 3.8) is 0 Å². The zero-order chi connectivity index (χ0) is 15.4. The lowest BCUT2D eigenvalue weighted by Crippen LogP contribution is -2.04. The highest BCUT2D eigenvalue weighted by atomic mass is 19.1. The Labute approximate surface area is 126 Å². The highest BCUT2D eigenvalue weighted by Gasteiger charge is 2.15. The van der Waals surface area contributed by atoms with Gasteiger partial charge >= 0.3 is 0 Å². The van der Waals surface area contributed by atoms with Crippen LogP contribution >= 0.6 is 0 Å². The topological polar surface area (TPSA) is 61.0 Å². The molecule has 22 heavy (non-hydrogen) atoms. The van der Waals surface area contributed by atoms with Gasteiger partial charge in [-0.15, -0.1) is 10.2 Å². The molecule has 0 aliphatic carbocycles. The van der Waals surface area contributed by atoms with E-state index < -0.39 is 0 Å². The van der Waals surface area contributed by atoms with Gasteiger partial charge in [0, 0.05) is 5.56 Å². The number of furan rings is 1. The van der Waals surface area contributed by atoms with Gasteiger partial charge in [0.05, 0.1) is 12.9 Å². The van der Waals surface area contributed by atoms with Crippen LogP contribution in [0.1, 0.15) is 13.3 Å². The molecule has 0 saturated heterocycles. The van der Waals surface area contributed by atoms with Crippen molar-refractivity contribution < 1.29 is 13.5 Å². The van der Waals surface area contributed by atoms with Crippen molar-refractivity contribution in [1.82, 2.24) is 15.2 Å². The number of benzene rings is 1. The van der Waals surface area contributed by atoms with Crippen molar-refractivity contribution >= 4 is 0 Å². The maximum Gasteiger partial charge on any atom is 0.244 e. The van der Waals surface area contributed by atoms with E-state index >= 15 is 0 Å². The fraction of sp³-hybridized carbons (Fsp3) is 0.188.